The van der Waals surface area contributed by atoms with E-state index in [0.29, 0.717) is 24.0 Å². The first-order valence-electron chi connectivity index (χ1n) is 9.50. The number of hydrogen-bond donors (Lipinski definition) is 0. The zero-order valence-corrected chi connectivity index (χ0v) is 16.6. The maximum Gasteiger partial charge on any atom is 0.265 e. The van der Waals surface area contributed by atoms with Gasteiger partial charge in [-0.1, -0.05) is 30.3 Å². The fourth-order valence-electron chi connectivity index (χ4n) is 4.47. The van der Waals surface area contributed by atoms with Crippen LogP contribution in [0, 0.1) is 5.82 Å². The summed E-state index contributed by atoms with van der Waals surface area (Å²) in [5, 5.41) is 1.48. The molecule has 1 unspecified atom stereocenters. The number of carbonyl (C=O) groups excluding carboxylic acids is 1. The zero-order valence-electron chi connectivity index (χ0n) is 15.8. The second-order valence-electron chi connectivity index (χ2n) is 7.50. The van der Waals surface area contributed by atoms with Gasteiger partial charge in [0.2, 0.25) is 5.91 Å². The topological polar surface area (TPSA) is 57.7 Å². The van der Waals surface area contributed by atoms with Crippen molar-refractivity contribution in [2.45, 2.75) is 24.3 Å². The molecule has 148 valence electrons. The average Bonchev–Trinajstić information content (AvgIpc) is 2.92. The van der Waals surface area contributed by atoms with Gasteiger partial charge >= 0.3 is 0 Å². The van der Waals surface area contributed by atoms with Crippen molar-refractivity contribution in [1.82, 2.24) is 4.90 Å². The Morgan fingerprint density at radius 1 is 1.14 bits per heavy atom. The quantitative estimate of drug-likeness (QED) is 0.648. The van der Waals surface area contributed by atoms with Crippen LogP contribution in [0.2, 0.25) is 0 Å². The molecule has 0 fully saturated rings. The normalized spacial score (nSPS) is 19.4. The van der Waals surface area contributed by atoms with E-state index in [-0.39, 0.29) is 29.2 Å². The smallest absolute Gasteiger partial charge is 0.265 e. The van der Waals surface area contributed by atoms with Gasteiger partial charge in [0.1, 0.15) is 12.4 Å². The highest BCUT2D eigenvalue weighted by atomic mass is 32.2. The number of nitrogens with zero attached hydrogens (tertiary/aromatic N) is 2. The monoisotopic (exact) mass is 410 g/mol. The Morgan fingerprint density at radius 3 is 2.69 bits per heavy atom. The molecule has 7 heteroatoms. The SMILES string of the molecule is CC1c2cc(F)ccc2CCN1C(=O)CN1c2cccc3cccc(c23)S1(=O)=O. The molecule has 0 aromatic heterocycles. The van der Waals surface area contributed by atoms with E-state index < -0.39 is 10.0 Å². The van der Waals surface area contributed by atoms with E-state index in [1.54, 1.807) is 35.2 Å². The third-order valence-corrected chi connectivity index (χ3v) is 7.73. The minimum absolute atomic E-state index is 0.234. The fourth-order valence-corrected chi connectivity index (χ4v) is 6.13. The summed E-state index contributed by atoms with van der Waals surface area (Å²) in [7, 11) is -3.79. The molecule has 0 spiro atoms. The summed E-state index contributed by atoms with van der Waals surface area (Å²) in [5.41, 5.74) is 2.33. The first-order chi connectivity index (χ1) is 13.9. The highest BCUT2D eigenvalue weighted by Gasteiger charge is 2.38. The lowest BCUT2D eigenvalue weighted by Crippen LogP contribution is -2.45. The Morgan fingerprint density at radius 2 is 1.90 bits per heavy atom. The molecule has 0 bridgehead atoms. The van der Waals surface area contributed by atoms with Crippen LogP contribution in [-0.2, 0) is 21.2 Å². The lowest BCUT2D eigenvalue weighted by atomic mass is 9.93. The van der Waals surface area contributed by atoms with Crippen molar-refractivity contribution < 1.29 is 17.6 Å². The number of anilines is 1. The molecule has 5 rings (SSSR count). The second-order valence-corrected chi connectivity index (χ2v) is 9.33. The molecule has 0 saturated heterocycles. The molecule has 5 nitrogen and oxygen atoms in total. The molecule has 3 aromatic carbocycles. The number of hydrogen-bond acceptors (Lipinski definition) is 3. The summed E-state index contributed by atoms with van der Waals surface area (Å²) < 4.78 is 41.1. The van der Waals surface area contributed by atoms with Gasteiger partial charge < -0.3 is 4.90 Å². The summed E-state index contributed by atoms with van der Waals surface area (Å²) in [6.07, 6.45) is 0.619. The molecule has 2 aliphatic rings. The van der Waals surface area contributed by atoms with Crippen molar-refractivity contribution in [1.29, 1.82) is 0 Å². The Labute approximate surface area is 168 Å². The molecule has 29 heavy (non-hydrogen) atoms. The summed E-state index contributed by atoms with van der Waals surface area (Å²) >= 11 is 0. The van der Waals surface area contributed by atoms with Crippen LogP contribution in [-0.4, -0.2) is 32.3 Å². The lowest BCUT2D eigenvalue weighted by molar-refractivity contribution is -0.132. The van der Waals surface area contributed by atoms with Gasteiger partial charge in [-0.05, 0) is 54.1 Å². The average molecular weight is 410 g/mol. The molecule has 0 N–H and O–H groups in total. The van der Waals surface area contributed by atoms with Crippen LogP contribution in [0.1, 0.15) is 24.1 Å². The van der Waals surface area contributed by atoms with Gasteiger partial charge in [0.05, 0.1) is 16.6 Å². The Bertz CT molecular complexity index is 1270. The maximum absolute atomic E-state index is 13.7. The van der Waals surface area contributed by atoms with Crippen molar-refractivity contribution in [3.63, 3.8) is 0 Å². The van der Waals surface area contributed by atoms with Crippen molar-refractivity contribution >= 4 is 32.4 Å². The standard InChI is InChI=1S/C22H19FN2O3S/c1-14-18-12-17(23)9-8-15(18)10-11-24(14)21(26)13-25-19-6-2-4-16-5-3-7-20(22(16)19)29(25,27)28/h2-9,12,14H,10-11,13H2,1H3. The number of rotatable bonds is 2. The maximum atomic E-state index is 13.7. The van der Waals surface area contributed by atoms with Gasteiger partial charge in [-0.15, -0.1) is 0 Å². The predicted octanol–water partition coefficient (Wildman–Crippen LogP) is 3.63. The van der Waals surface area contributed by atoms with Crippen molar-refractivity contribution in [3.05, 3.63) is 71.5 Å². The van der Waals surface area contributed by atoms with E-state index in [1.165, 1.54) is 16.4 Å². The minimum atomic E-state index is -3.79. The number of benzene rings is 3. The Hall–Kier alpha value is -2.93. The Balaban J connectivity index is 1.49. The zero-order chi connectivity index (χ0) is 20.3. The number of halogens is 1. The molecule has 1 amide bonds. The van der Waals surface area contributed by atoms with Gasteiger partial charge in [-0.3, -0.25) is 9.10 Å². The third kappa shape index (κ3) is 2.64. The van der Waals surface area contributed by atoms with Gasteiger partial charge in [0.25, 0.3) is 10.0 Å². The van der Waals surface area contributed by atoms with Crippen LogP contribution >= 0.6 is 0 Å². The molecule has 1 atom stereocenters. The fraction of sp³-hybridized carbons (Fsp3) is 0.227. The second kappa shape index (κ2) is 6.29. The molecule has 2 aliphatic heterocycles. The molecule has 0 saturated carbocycles. The van der Waals surface area contributed by atoms with E-state index in [1.807, 2.05) is 19.1 Å². The highest BCUT2D eigenvalue weighted by Crippen LogP contribution is 2.42. The number of amides is 1. The van der Waals surface area contributed by atoms with E-state index in [4.69, 9.17) is 0 Å². The first kappa shape index (κ1) is 18.1. The third-order valence-electron chi connectivity index (χ3n) is 5.93. The molecule has 2 heterocycles. The van der Waals surface area contributed by atoms with Crippen LogP contribution in [0.5, 0.6) is 0 Å². The van der Waals surface area contributed by atoms with Crippen molar-refractivity contribution in [2.75, 3.05) is 17.4 Å². The Kier molecular flexibility index (Phi) is 3.93. The molecule has 3 aromatic rings. The summed E-state index contributed by atoms with van der Waals surface area (Å²) in [6.45, 7) is 2.05. The molecular weight excluding hydrogens is 391 g/mol. The van der Waals surface area contributed by atoms with E-state index in [2.05, 4.69) is 0 Å². The molecule has 0 radical (unpaired) electrons. The van der Waals surface area contributed by atoms with E-state index in [0.717, 1.165) is 16.5 Å². The first-order valence-corrected chi connectivity index (χ1v) is 10.9. The van der Waals surface area contributed by atoms with Crippen molar-refractivity contribution in [2.24, 2.45) is 0 Å². The summed E-state index contributed by atoms with van der Waals surface area (Å²) in [5.74, 6) is -0.630. The van der Waals surface area contributed by atoms with Crippen LogP contribution in [0.4, 0.5) is 10.1 Å². The van der Waals surface area contributed by atoms with Gasteiger partial charge in [-0.2, -0.15) is 0 Å². The van der Waals surface area contributed by atoms with Crippen LogP contribution in [0.15, 0.2) is 59.5 Å². The van der Waals surface area contributed by atoms with E-state index >= 15 is 0 Å². The largest absolute Gasteiger partial charge is 0.334 e. The molecule has 0 aliphatic carbocycles. The number of fused-ring (bicyclic) bond motifs is 1. The van der Waals surface area contributed by atoms with E-state index in [9.17, 15) is 17.6 Å². The summed E-state index contributed by atoms with van der Waals surface area (Å²) in [4.78, 5) is 15.0. The van der Waals surface area contributed by atoms with Crippen molar-refractivity contribution in [3.8, 4) is 0 Å². The predicted molar refractivity (Wildman–Crippen MR) is 109 cm³/mol. The van der Waals surface area contributed by atoms with Gasteiger partial charge in [0.15, 0.2) is 0 Å². The minimum Gasteiger partial charge on any atom is -0.334 e. The van der Waals surface area contributed by atoms with Gasteiger partial charge in [0, 0.05) is 11.9 Å². The lowest BCUT2D eigenvalue weighted by Gasteiger charge is -2.36. The van der Waals surface area contributed by atoms with Crippen LogP contribution in [0.25, 0.3) is 10.8 Å². The number of carbonyl (C=O) groups is 1. The molecular formula is C22H19FN2O3S. The summed E-state index contributed by atoms with van der Waals surface area (Å²) in [6, 6.07) is 14.9. The van der Waals surface area contributed by atoms with Crippen LogP contribution in [0.3, 0.4) is 0 Å². The highest BCUT2D eigenvalue weighted by molar-refractivity contribution is 7.93. The van der Waals surface area contributed by atoms with Crippen LogP contribution < -0.4 is 4.31 Å². The van der Waals surface area contributed by atoms with Gasteiger partial charge in [-0.25, -0.2) is 12.8 Å². The number of sulfonamides is 1.